The molecule has 0 aliphatic rings. The van der Waals surface area contributed by atoms with E-state index in [9.17, 15) is 15.1 Å². The number of amides is 1. The molecule has 0 saturated carbocycles. The van der Waals surface area contributed by atoms with Crippen molar-refractivity contribution >= 4 is 5.91 Å². The van der Waals surface area contributed by atoms with Crippen LogP contribution in [0, 0.1) is 0 Å². The first-order valence-corrected chi connectivity index (χ1v) is 12.1. The fourth-order valence-corrected chi connectivity index (χ4v) is 3.56. The Kier molecular flexibility index (Phi) is 15.4. The van der Waals surface area contributed by atoms with Crippen LogP contribution in [0.5, 0.6) is 11.5 Å². The quantitative estimate of drug-likeness (QED) is 0.112. The predicted molar refractivity (Wildman–Crippen MR) is 126 cm³/mol. The number of carbonyl (C=O) groups is 1. The molecular formula is C26H43NO4. The molecule has 0 aliphatic heterocycles. The number of carbonyl (C=O) groups excluding carboxylic acids is 1. The Morgan fingerprint density at radius 1 is 0.935 bits per heavy atom. The number of allylic oxidation sites excluding steroid dienone is 2. The van der Waals surface area contributed by atoms with Crippen LogP contribution < -0.4 is 4.74 Å². The fourth-order valence-electron chi connectivity index (χ4n) is 3.56. The standard InChI is InChI=1S/C26H43NO4/c1-3-4-5-6-7-8-9-10-11-12-13-14-15-16-17-18-26(29)27(30)22-23-19-20-24(28)25(21-23)31-2/h10-11,19-21,28,30H,3-9,12-18,22H2,1-2H3/b11-10-. The van der Waals surface area contributed by atoms with Gasteiger partial charge in [-0.05, 0) is 49.8 Å². The SMILES string of the molecule is CCCCCCCC/C=C\CCCCCCCC(=O)N(O)Cc1ccc(O)c(OC)c1. The number of phenolic OH excluding ortho intramolecular Hbond substituents is 1. The van der Waals surface area contributed by atoms with Gasteiger partial charge in [-0.15, -0.1) is 0 Å². The number of benzene rings is 1. The Morgan fingerprint density at radius 2 is 1.52 bits per heavy atom. The van der Waals surface area contributed by atoms with Crippen LogP contribution in [-0.4, -0.2) is 28.4 Å². The fraction of sp³-hybridized carbons (Fsp3) is 0.654. The van der Waals surface area contributed by atoms with Crippen molar-refractivity contribution in [1.29, 1.82) is 0 Å². The maximum atomic E-state index is 12.1. The van der Waals surface area contributed by atoms with Gasteiger partial charge in [0.25, 0.3) is 0 Å². The lowest BCUT2D eigenvalue weighted by atomic mass is 10.1. The van der Waals surface area contributed by atoms with E-state index in [2.05, 4.69) is 19.1 Å². The van der Waals surface area contributed by atoms with E-state index in [4.69, 9.17) is 4.74 Å². The van der Waals surface area contributed by atoms with Crippen LogP contribution in [-0.2, 0) is 11.3 Å². The third-order valence-corrected chi connectivity index (χ3v) is 5.52. The van der Waals surface area contributed by atoms with Gasteiger partial charge in [0, 0.05) is 6.42 Å². The maximum Gasteiger partial charge on any atom is 0.246 e. The first-order valence-electron chi connectivity index (χ1n) is 12.1. The van der Waals surface area contributed by atoms with Gasteiger partial charge in [0.1, 0.15) is 0 Å². The zero-order valence-electron chi connectivity index (χ0n) is 19.7. The van der Waals surface area contributed by atoms with Crippen LogP contribution in [0.25, 0.3) is 0 Å². The minimum atomic E-state index is -0.273. The number of aromatic hydroxyl groups is 1. The Hall–Kier alpha value is -2.01. The normalized spacial score (nSPS) is 11.2. The molecule has 0 aliphatic carbocycles. The minimum Gasteiger partial charge on any atom is -0.504 e. The number of nitrogens with zero attached hydrogens (tertiary/aromatic N) is 1. The molecule has 0 unspecified atom stereocenters. The van der Waals surface area contributed by atoms with Gasteiger partial charge in [-0.3, -0.25) is 10.0 Å². The Balaban J connectivity index is 2.01. The van der Waals surface area contributed by atoms with E-state index in [1.807, 2.05) is 0 Å². The topological polar surface area (TPSA) is 70.0 Å². The van der Waals surface area contributed by atoms with Crippen LogP contribution in [0.3, 0.4) is 0 Å². The number of unbranched alkanes of at least 4 members (excludes halogenated alkanes) is 11. The highest BCUT2D eigenvalue weighted by atomic mass is 16.5. The zero-order valence-corrected chi connectivity index (χ0v) is 19.7. The summed E-state index contributed by atoms with van der Waals surface area (Å²) in [6.07, 6.45) is 20.8. The van der Waals surface area contributed by atoms with Crippen molar-refractivity contribution in [3.05, 3.63) is 35.9 Å². The summed E-state index contributed by atoms with van der Waals surface area (Å²) < 4.78 is 5.05. The van der Waals surface area contributed by atoms with Gasteiger partial charge < -0.3 is 9.84 Å². The Bertz CT molecular complexity index is 630. The first-order chi connectivity index (χ1) is 15.1. The number of methoxy groups -OCH3 is 1. The van der Waals surface area contributed by atoms with Crippen LogP contribution >= 0.6 is 0 Å². The third kappa shape index (κ3) is 13.1. The van der Waals surface area contributed by atoms with Crippen LogP contribution in [0.15, 0.2) is 30.4 Å². The summed E-state index contributed by atoms with van der Waals surface area (Å²) >= 11 is 0. The number of rotatable bonds is 18. The van der Waals surface area contributed by atoms with Gasteiger partial charge in [0.2, 0.25) is 5.91 Å². The highest BCUT2D eigenvalue weighted by Crippen LogP contribution is 2.26. The van der Waals surface area contributed by atoms with Gasteiger partial charge in [0.05, 0.1) is 13.7 Å². The molecule has 1 aromatic carbocycles. The van der Waals surface area contributed by atoms with E-state index in [1.165, 1.54) is 71.0 Å². The minimum absolute atomic E-state index is 0.0374. The molecule has 5 heteroatoms. The largest absolute Gasteiger partial charge is 0.504 e. The second-order valence-electron chi connectivity index (χ2n) is 8.29. The van der Waals surface area contributed by atoms with Gasteiger partial charge in [-0.1, -0.05) is 76.5 Å². The lowest BCUT2D eigenvalue weighted by Crippen LogP contribution is -2.26. The van der Waals surface area contributed by atoms with Crippen LogP contribution in [0.4, 0.5) is 0 Å². The van der Waals surface area contributed by atoms with E-state index in [-0.39, 0.29) is 18.2 Å². The lowest BCUT2D eigenvalue weighted by molar-refractivity contribution is -0.168. The molecule has 1 rings (SSSR count). The molecule has 0 radical (unpaired) electrons. The summed E-state index contributed by atoms with van der Waals surface area (Å²) in [6.45, 7) is 2.34. The lowest BCUT2D eigenvalue weighted by Gasteiger charge is -2.15. The highest BCUT2D eigenvalue weighted by Gasteiger charge is 2.12. The summed E-state index contributed by atoms with van der Waals surface area (Å²) in [4.78, 5) is 12.1. The van der Waals surface area contributed by atoms with Crippen molar-refractivity contribution in [2.45, 2.75) is 103 Å². The van der Waals surface area contributed by atoms with Gasteiger partial charge >= 0.3 is 0 Å². The molecule has 5 nitrogen and oxygen atoms in total. The van der Waals surface area contributed by atoms with Crippen molar-refractivity contribution in [3.8, 4) is 11.5 Å². The number of ether oxygens (including phenoxy) is 1. The molecule has 0 saturated heterocycles. The predicted octanol–water partition coefficient (Wildman–Crippen LogP) is 7.16. The van der Waals surface area contributed by atoms with E-state index in [0.717, 1.165) is 30.7 Å². The summed E-state index contributed by atoms with van der Waals surface area (Å²) in [5.74, 6) is 0.0932. The molecule has 31 heavy (non-hydrogen) atoms. The summed E-state index contributed by atoms with van der Waals surface area (Å²) in [5, 5.41) is 20.4. The monoisotopic (exact) mass is 433 g/mol. The maximum absolute atomic E-state index is 12.1. The molecule has 2 N–H and O–H groups in total. The second-order valence-corrected chi connectivity index (χ2v) is 8.29. The number of hydrogen-bond acceptors (Lipinski definition) is 4. The molecular weight excluding hydrogens is 390 g/mol. The number of hydrogen-bond donors (Lipinski definition) is 2. The highest BCUT2D eigenvalue weighted by molar-refractivity contribution is 5.74. The van der Waals surface area contributed by atoms with Crippen molar-refractivity contribution in [2.24, 2.45) is 0 Å². The summed E-state index contributed by atoms with van der Waals surface area (Å²) in [5.41, 5.74) is 0.704. The molecule has 0 aromatic heterocycles. The van der Waals surface area contributed by atoms with E-state index < -0.39 is 0 Å². The second kappa shape index (κ2) is 17.6. The Morgan fingerprint density at radius 3 is 2.13 bits per heavy atom. The molecule has 0 bridgehead atoms. The van der Waals surface area contributed by atoms with Crippen molar-refractivity contribution in [2.75, 3.05) is 7.11 Å². The Labute approximate surface area is 189 Å². The molecule has 1 amide bonds. The summed E-state index contributed by atoms with van der Waals surface area (Å²) in [6, 6.07) is 4.78. The average Bonchev–Trinajstić information content (AvgIpc) is 2.77. The molecule has 176 valence electrons. The smallest absolute Gasteiger partial charge is 0.246 e. The zero-order chi connectivity index (χ0) is 22.7. The van der Waals surface area contributed by atoms with Gasteiger partial charge in [-0.25, -0.2) is 5.06 Å². The van der Waals surface area contributed by atoms with Crippen LogP contribution in [0.2, 0.25) is 0 Å². The molecule has 0 heterocycles. The van der Waals surface area contributed by atoms with E-state index in [1.54, 1.807) is 12.1 Å². The average molecular weight is 434 g/mol. The van der Waals surface area contributed by atoms with Crippen molar-refractivity contribution in [3.63, 3.8) is 0 Å². The van der Waals surface area contributed by atoms with E-state index in [0.29, 0.717) is 17.7 Å². The molecule has 0 fully saturated rings. The molecule has 1 aromatic rings. The molecule has 0 spiro atoms. The van der Waals surface area contributed by atoms with Crippen molar-refractivity contribution in [1.82, 2.24) is 5.06 Å². The summed E-state index contributed by atoms with van der Waals surface area (Å²) in [7, 11) is 1.47. The molecule has 0 atom stereocenters. The van der Waals surface area contributed by atoms with Crippen molar-refractivity contribution < 1.29 is 19.8 Å². The third-order valence-electron chi connectivity index (χ3n) is 5.52. The first kappa shape index (κ1) is 27.0. The van der Waals surface area contributed by atoms with E-state index >= 15 is 0 Å². The van der Waals surface area contributed by atoms with Gasteiger partial charge in [0.15, 0.2) is 11.5 Å². The number of phenols is 1. The van der Waals surface area contributed by atoms with Gasteiger partial charge in [-0.2, -0.15) is 0 Å². The van der Waals surface area contributed by atoms with Crippen LogP contribution in [0.1, 0.15) is 102 Å². The number of hydroxylamine groups is 2.